The Hall–Kier alpha value is -2.20. The van der Waals surface area contributed by atoms with Gasteiger partial charge in [0.05, 0.1) is 0 Å². The topological polar surface area (TPSA) is 44.8 Å². The largest absolute Gasteiger partial charge is 0.361 e. The number of para-hydroxylation sites is 1. The molecule has 5 rings (SSSR count). The maximum atomic E-state index is 4.99. The molecule has 27 heavy (non-hydrogen) atoms. The number of hydrogen-bond acceptors (Lipinski definition) is 3. The summed E-state index contributed by atoms with van der Waals surface area (Å²) in [5.74, 6) is 1.70. The van der Waals surface area contributed by atoms with Crippen LogP contribution in [0, 0.1) is 6.92 Å². The summed E-state index contributed by atoms with van der Waals surface area (Å²) >= 11 is 0. The summed E-state index contributed by atoms with van der Waals surface area (Å²) in [7, 11) is 0. The average molecular weight is 361 g/mol. The number of aromatic amines is 1. The third kappa shape index (κ3) is 3.27. The van der Waals surface area contributed by atoms with E-state index in [2.05, 4.69) is 47.4 Å². The van der Waals surface area contributed by atoms with Crippen LogP contribution in [0.1, 0.15) is 66.2 Å². The quantitative estimate of drug-likeness (QED) is 0.724. The number of fused-ring (bicyclic) bond motifs is 2. The minimum Gasteiger partial charge on any atom is -0.361 e. The summed E-state index contributed by atoms with van der Waals surface area (Å²) in [6.45, 7) is 5.18. The molecule has 0 spiro atoms. The summed E-state index contributed by atoms with van der Waals surface area (Å²) in [6.07, 6.45) is 11.9. The van der Waals surface area contributed by atoms with Gasteiger partial charge in [0, 0.05) is 66.5 Å². The highest BCUT2D eigenvalue weighted by Crippen LogP contribution is 2.31. The highest BCUT2D eigenvalue weighted by molar-refractivity contribution is 5.85. The van der Waals surface area contributed by atoms with Crippen LogP contribution in [-0.2, 0) is 19.5 Å². The lowest BCUT2D eigenvalue weighted by Crippen LogP contribution is -2.31. The van der Waals surface area contributed by atoms with Crippen LogP contribution in [0.25, 0.3) is 10.9 Å². The minimum atomic E-state index is 0.594. The van der Waals surface area contributed by atoms with Crippen LogP contribution in [0.15, 0.2) is 30.6 Å². The van der Waals surface area contributed by atoms with E-state index >= 15 is 0 Å². The molecule has 0 amide bonds. The van der Waals surface area contributed by atoms with Crippen LogP contribution in [0.5, 0.6) is 0 Å². The predicted octanol–water partition coefficient (Wildman–Crippen LogP) is 4.87. The second-order valence-electron chi connectivity index (χ2n) is 8.31. The van der Waals surface area contributed by atoms with Gasteiger partial charge in [-0.25, -0.2) is 9.97 Å². The fraction of sp³-hybridized carbons (Fsp3) is 0.478. The number of rotatable bonds is 3. The molecule has 4 heteroatoms. The Morgan fingerprint density at radius 1 is 1.19 bits per heavy atom. The summed E-state index contributed by atoms with van der Waals surface area (Å²) in [5, 5.41) is 1.35. The van der Waals surface area contributed by atoms with Gasteiger partial charge in [0.1, 0.15) is 5.82 Å². The first-order valence-electron chi connectivity index (χ1n) is 10.4. The molecule has 2 aromatic heterocycles. The molecule has 0 unspecified atom stereocenters. The molecule has 2 aliphatic rings. The number of benzene rings is 1. The molecule has 1 aliphatic carbocycles. The van der Waals surface area contributed by atoms with Crippen LogP contribution in [-0.4, -0.2) is 26.4 Å². The van der Waals surface area contributed by atoms with Crippen LogP contribution in [0.2, 0.25) is 0 Å². The second-order valence-corrected chi connectivity index (χ2v) is 8.31. The molecule has 3 aromatic rings. The first kappa shape index (κ1) is 16.9. The third-order valence-corrected chi connectivity index (χ3v) is 6.41. The number of hydrogen-bond donors (Lipinski definition) is 1. The normalized spacial score (nSPS) is 18.7. The minimum absolute atomic E-state index is 0.594. The van der Waals surface area contributed by atoms with Crippen molar-refractivity contribution in [3.63, 3.8) is 0 Å². The molecule has 1 aliphatic heterocycles. The van der Waals surface area contributed by atoms with Gasteiger partial charge in [-0.2, -0.15) is 0 Å². The highest BCUT2D eigenvalue weighted by atomic mass is 15.1. The maximum absolute atomic E-state index is 4.99. The van der Waals surface area contributed by atoms with E-state index in [1.54, 1.807) is 0 Å². The lowest BCUT2D eigenvalue weighted by atomic mass is 9.88. The zero-order valence-electron chi connectivity index (χ0n) is 16.2. The van der Waals surface area contributed by atoms with Crippen molar-refractivity contribution in [2.45, 2.75) is 64.5 Å². The number of H-pyrrole nitrogens is 1. The second kappa shape index (κ2) is 7.08. The Balaban J connectivity index is 1.33. The van der Waals surface area contributed by atoms with Crippen LogP contribution >= 0.6 is 0 Å². The molecule has 0 radical (unpaired) electrons. The Labute approximate surface area is 161 Å². The molecule has 1 aromatic carbocycles. The van der Waals surface area contributed by atoms with Crippen molar-refractivity contribution in [3.05, 3.63) is 58.8 Å². The molecule has 1 N–H and O–H groups in total. The van der Waals surface area contributed by atoms with Gasteiger partial charge in [-0.1, -0.05) is 37.5 Å². The zero-order chi connectivity index (χ0) is 18.2. The lowest BCUT2D eigenvalue weighted by molar-refractivity contribution is 0.243. The number of nitrogens with zero attached hydrogens (tertiary/aromatic N) is 3. The van der Waals surface area contributed by atoms with Crippen molar-refractivity contribution in [2.24, 2.45) is 0 Å². The first-order valence-corrected chi connectivity index (χ1v) is 10.4. The SMILES string of the molecule is Cc1cccc2c(CN3CCc4nc(C5CCCCC5)ncc4C3)c[nH]c12. The van der Waals surface area contributed by atoms with E-state index in [-0.39, 0.29) is 0 Å². The highest BCUT2D eigenvalue weighted by Gasteiger charge is 2.23. The molecule has 0 saturated heterocycles. The Morgan fingerprint density at radius 3 is 2.96 bits per heavy atom. The fourth-order valence-corrected chi connectivity index (χ4v) is 4.82. The van der Waals surface area contributed by atoms with Crippen molar-refractivity contribution < 1.29 is 0 Å². The number of aryl methyl sites for hydroxylation is 1. The number of nitrogens with one attached hydrogen (secondary N) is 1. The van der Waals surface area contributed by atoms with Gasteiger partial charge >= 0.3 is 0 Å². The van der Waals surface area contributed by atoms with Crippen molar-refractivity contribution in [3.8, 4) is 0 Å². The van der Waals surface area contributed by atoms with Gasteiger partial charge < -0.3 is 4.98 Å². The van der Waals surface area contributed by atoms with Crippen LogP contribution in [0.4, 0.5) is 0 Å². The molecular formula is C23H28N4. The van der Waals surface area contributed by atoms with Crippen molar-refractivity contribution in [2.75, 3.05) is 6.54 Å². The maximum Gasteiger partial charge on any atom is 0.131 e. The molecule has 4 nitrogen and oxygen atoms in total. The average Bonchev–Trinajstić information content (AvgIpc) is 3.12. The van der Waals surface area contributed by atoms with Crippen LogP contribution < -0.4 is 0 Å². The van der Waals surface area contributed by atoms with Gasteiger partial charge in [-0.05, 0) is 30.9 Å². The first-order chi connectivity index (χ1) is 13.3. The molecule has 140 valence electrons. The molecule has 3 heterocycles. The zero-order valence-corrected chi connectivity index (χ0v) is 16.2. The summed E-state index contributed by atoms with van der Waals surface area (Å²) in [5.41, 5.74) is 6.57. The van der Waals surface area contributed by atoms with Gasteiger partial charge in [0.2, 0.25) is 0 Å². The van der Waals surface area contributed by atoms with Crippen molar-refractivity contribution in [1.82, 2.24) is 19.9 Å². The lowest BCUT2D eigenvalue weighted by Gasteiger charge is -2.29. The molecule has 0 bridgehead atoms. The van der Waals surface area contributed by atoms with E-state index in [4.69, 9.17) is 9.97 Å². The monoisotopic (exact) mass is 360 g/mol. The molecule has 0 atom stereocenters. The Kier molecular flexibility index (Phi) is 4.44. The van der Waals surface area contributed by atoms with Crippen LogP contribution in [0.3, 0.4) is 0 Å². The molecule has 1 fully saturated rings. The third-order valence-electron chi connectivity index (χ3n) is 6.41. The Morgan fingerprint density at radius 2 is 2.07 bits per heavy atom. The molecular weight excluding hydrogens is 332 g/mol. The van der Waals surface area contributed by atoms with Gasteiger partial charge in [0.15, 0.2) is 0 Å². The van der Waals surface area contributed by atoms with E-state index in [1.165, 1.54) is 65.4 Å². The van der Waals surface area contributed by atoms with E-state index in [0.29, 0.717) is 5.92 Å². The van der Waals surface area contributed by atoms with Crippen molar-refractivity contribution >= 4 is 10.9 Å². The van der Waals surface area contributed by atoms with E-state index in [9.17, 15) is 0 Å². The van der Waals surface area contributed by atoms with E-state index in [0.717, 1.165) is 31.9 Å². The fourth-order valence-electron chi connectivity index (χ4n) is 4.82. The van der Waals surface area contributed by atoms with E-state index < -0.39 is 0 Å². The summed E-state index contributed by atoms with van der Waals surface area (Å²) < 4.78 is 0. The molecule has 1 saturated carbocycles. The van der Waals surface area contributed by atoms with E-state index in [1.807, 2.05) is 0 Å². The van der Waals surface area contributed by atoms with Gasteiger partial charge in [0.25, 0.3) is 0 Å². The predicted molar refractivity (Wildman–Crippen MR) is 109 cm³/mol. The van der Waals surface area contributed by atoms with Gasteiger partial charge in [-0.3, -0.25) is 4.90 Å². The standard InChI is InChI=1S/C23H28N4/c1-16-6-5-9-20-18(12-24-22(16)20)14-27-11-10-21-19(15-27)13-25-23(26-21)17-7-3-2-4-8-17/h5-6,9,12-13,17,24H,2-4,7-8,10-11,14-15H2,1H3. The van der Waals surface area contributed by atoms with Crippen molar-refractivity contribution in [1.29, 1.82) is 0 Å². The number of aromatic nitrogens is 3. The smallest absolute Gasteiger partial charge is 0.131 e. The summed E-state index contributed by atoms with van der Waals surface area (Å²) in [6, 6.07) is 6.55. The Bertz CT molecular complexity index is 952. The summed E-state index contributed by atoms with van der Waals surface area (Å²) in [4.78, 5) is 15.7. The van der Waals surface area contributed by atoms with Gasteiger partial charge in [-0.15, -0.1) is 0 Å².